The monoisotopic (exact) mass is 553 g/mol. The quantitative estimate of drug-likeness (QED) is 0.429. The fourth-order valence-corrected chi connectivity index (χ4v) is 8.95. The maximum atomic E-state index is 13.6. The van der Waals surface area contributed by atoms with Gasteiger partial charge in [-0.1, -0.05) is 37.3 Å². The van der Waals surface area contributed by atoms with Crippen molar-refractivity contribution >= 4 is 37.6 Å². The summed E-state index contributed by atoms with van der Waals surface area (Å²) in [5.41, 5.74) is 0.854. The van der Waals surface area contributed by atoms with Gasteiger partial charge in [0.1, 0.15) is 6.61 Å². The molecule has 2 saturated heterocycles. The molecule has 0 aromatic heterocycles. The molecule has 0 unspecified atom stereocenters. The number of cyclic esters (lactones) is 1. The number of aliphatic hydroxyl groups is 1. The lowest BCUT2D eigenvalue weighted by Gasteiger charge is -2.32. The van der Waals surface area contributed by atoms with Gasteiger partial charge in [-0.25, -0.2) is 4.79 Å². The standard InChI is InChI=1S/C28H35N3O7Si/c1-18-25(39(2,3)36)23(16-24(33)30(11-13-32)17-19-7-5-4-6-8-19)38-28(18)21-15-20(31-12-14-37-27(31)35)9-10-22(21)29-26(28)34/h4-10,15,18,23,25,32,36H,11-14,16-17H2,1-3H3,(H,29,34)/t18-,23+,25-,28+/m1/s1. The molecule has 2 aromatic carbocycles. The predicted molar refractivity (Wildman–Crippen MR) is 146 cm³/mol. The Hall–Kier alpha value is -3.25. The van der Waals surface area contributed by atoms with Gasteiger partial charge in [0.2, 0.25) is 5.91 Å². The SMILES string of the molecule is C[C@@H]1[C@@H]([Si](C)(C)O)[C@H](CC(=O)N(CCO)Cc2ccccc2)O[C@@]12C(=O)Nc1ccc(N3CCOC3=O)cc12. The van der Waals surface area contributed by atoms with Gasteiger partial charge in [0.25, 0.3) is 5.91 Å². The summed E-state index contributed by atoms with van der Waals surface area (Å²) >= 11 is 0. The third kappa shape index (κ3) is 4.84. The van der Waals surface area contributed by atoms with Crippen molar-refractivity contribution in [2.24, 2.45) is 5.92 Å². The van der Waals surface area contributed by atoms with E-state index >= 15 is 0 Å². The minimum Gasteiger partial charge on any atom is -0.447 e. The average Bonchev–Trinajstić information content (AvgIpc) is 3.53. The molecular weight excluding hydrogens is 518 g/mol. The summed E-state index contributed by atoms with van der Waals surface area (Å²) in [6, 6.07) is 14.8. The lowest BCUT2D eigenvalue weighted by atomic mass is 9.82. The first-order valence-corrected chi connectivity index (χ1v) is 16.3. The van der Waals surface area contributed by atoms with Crippen LogP contribution in [0.25, 0.3) is 0 Å². The number of rotatable bonds is 8. The first kappa shape index (κ1) is 27.3. The smallest absolute Gasteiger partial charge is 0.414 e. The molecule has 2 aromatic rings. The number of nitrogens with one attached hydrogen (secondary N) is 1. The van der Waals surface area contributed by atoms with Crippen molar-refractivity contribution in [2.45, 2.75) is 50.2 Å². The van der Waals surface area contributed by atoms with E-state index in [-0.39, 0.29) is 38.0 Å². The number of aliphatic hydroxyl groups excluding tert-OH is 1. The Kier molecular flexibility index (Phi) is 7.27. The fraction of sp³-hybridized carbons (Fsp3) is 0.464. The number of fused-ring (bicyclic) bond motifs is 2. The summed E-state index contributed by atoms with van der Waals surface area (Å²) < 4.78 is 11.7. The van der Waals surface area contributed by atoms with E-state index < -0.39 is 37.6 Å². The van der Waals surface area contributed by atoms with Gasteiger partial charge in [0, 0.05) is 41.5 Å². The number of anilines is 2. The Labute approximate surface area is 228 Å². The molecule has 3 aliphatic rings. The summed E-state index contributed by atoms with van der Waals surface area (Å²) in [5, 5.41) is 12.6. The first-order chi connectivity index (χ1) is 18.6. The van der Waals surface area contributed by atoms with Gasteiger partial charge in [-0.3, -0.25) is 14.5 Å². The van der Waals surface area contributed by atoms with Crippen molar-refractivity contribution in [3.05, 3.63) is 59.7 Å². The van der Waals surface area contributed by atoms with Crippen molar-refractivity contribution in [2.75, 3.05) is 36.5 Å². The summed E-state index contributed by atoms with van der Waals surface area (Å²) in [6.07, 6.45) is -1.20. The Balaban J connectivity index is 1.47. The minimum atomic E-state index is -2.95. The highest BCUT2D eigenvalue weighted by Gasteiger charge is 2.65. The highest BCUT2D eigenvalue weighted by atomic mass is 28.4. The van der Waals surface area contributed by atoms with Gasteiger partial charge in [-0.15, -0.1) is 0 Å². The topological polar surface area (TPSA) is 129 Å². The van der Waals surface area contributed by atoms with Gasteiger partial charge in [-0.05, 0) is 36.9 Å². The molecule has 4 atom stereocenters. The van der Waals surface area contributed by atoms with E-state index in [2.05, 4.69) is 5.32 Å². The van der Waals surface area contributed by atoms with Gasteiger partial charge < -0.3 is 29.6 Å². The van der Waals surface area contributed by atoms with Crippen molar-refractivity contribution in [3.63, 3.8) is 0 Å². The summed E-state index contributed by atoms with van der Waals surface area (Å²) in [5.74, 6) is -1.01. The van der Waals surface area contributed by atoms with Crippen LogP contribution in [0.15, 0.2) is 48.5 Å². The summed E-state index contributed by atoms with van der Waals surface area (Å²) in [7, 11) is -2.95. The van der Waals surface area contributed by atoms with Crippen LogP contribution in [0.1, 0.15) is 24.5 Å². The van der Waals surface area contributed by atoms with E-state index in [0.29, 0.717) is 30.0 Å². The first-order valence-electron chi connectivity index (χ1n) is 13.3. The molecule has 3 N–H and O–H groups in total. The van der Waals surface area contributed by atoms with Crippen molar-refractivity contribution in [1.29, 1.82) is 0 Å². The van der Waals surface area contributed by atoms with Crippen molar-refractivity contribution in [1.82, 2.24) is 4.90 Å². The Bertz CT molecular complexity index is 1270. The van der Waals surface area contributed by atoms with Crippen LogP contribution in [0.2, 0.25) is 18.6 Å². The number of amides is 3. The van der Waals surface area contributed by atoms with Crippen LogP contribution in [0.5, 0.6) is 0 Å². The molecule has 0 bridgehead atoms. The molecule has 5 rings (SSSR count). The van der Waals surface area contributed by atoms with Crippen molar-refractivity contribution in [3.8, 4) is 0 Å². The normalized spacial score (nSPS) is 26.1. The van der Waals surface area contributed by atoms with Crippen LogP contribution < -0.4 is 10.2 Å². The Morgan fingerprint density at radius 1 is 1.21 bits per heavy atom. The van der Waals surface area contributed by atoms with Crippen LogP contribution in [-0.2, 0) is 31.2 Å². The molecule has 0 saturated carbocycles. The van der Waals surface area contributed by atoms with E-state index in [1.807, 2.05) is 37.3 Å². The van der Waals surface area contributed by atoms with Gasteiger partial charge in [-0.2, -0.15) is 0 Å². The van der Waals surface area contributed by atoms with E-state index in [0.717, 1.165) is 5.56 Å². The number of carbonyl (C=O) groups is 3. The number of nitrogens with zero attached hydrogens (tertiary/aromatic N) is 2. The molecule has 3 aliphatic heterocycles. The molecule has 11 heteroatoms. The molecule has 1 spiro atoms. The van der Waals surface area contributed by atoms with Crippen LogP contribution in [-0.4, -0.2) is 73.4 Å². The minimum absolute atomic E-state index is 0.0403. The summed E-state index contributed by atoms with van der Waals surface area (Å²) in [6.45, 7) is 6.48. The molecule has 208 valence electrons. The highest BCUT2D eigenvalue weighted by molar-refractivity contribution is 6.71. The van der Waals surface area contributed by atoms with E-state index in [9.17, 15) is 24.3 Å². The average molecular weight is 554 g/mol. The maximum absolute atomic E-state index is 13.6. The largest absolute Gasteiger partial charge is 0.447 e. The van der Waals surface area contributed by atoms with Crippen molar-refractivity contribution < 1.29 is 33.8 Å². The second kappa shape index (κ2) is 10.4. The zero-order chi connectivity index (χ0) is 27.9. The number of benzene rings is 2. The van der Waals surface area contributed by atoms with Crippen LogP contribution in [0.3, 0.4) is 0 Å². The number of hydrogen-bond acceptors (Lipinski definition) is 7. The van der Waals surface area contributed by atoms with Crippen LogP contribution in [0, 0.1) is 5.92 Å². The third-order valence-electron chi connectivity index (χ3n) is 8.11. The number of ether oxygens (including phenoxy) is 2. The molecule has 0 radical (unpaired) electrons. The molecular formula is C28H35N3O7Si. The van der Waals surface area contributed by atoms with Gasteiger partial charge in [0.05, 0.1) is 25.7 Å². The fourth-order valence-electron chi connectivity index (χ4n) is 6.40. The molecule has 3 amide bonds. The second-order valence-corrected chi connectivity index (χ2v) is 15.0. The Morgan fingerprint density at radius 2 is 1.95 bits per heavy atom. The highest BCUT2D eigenvalue weighted by Crippen LogP contribution is 2.58. The molecule has 10 nitrogen and oxygen atoms in total. The van der Waals surface area contributed by atoms with Gasteiger partial charge >= 0.3 is 6.09 Å². The van der Waals surface area contributed by atoms with E-state index in [1.165, 1.54) is 4.90 Å². The van der Waals surface area contributed by atoms with E-state index in [4.69, 9.17) is 9.47 Å². The Morgan fingerprint density at radius 3 is 2.59 bits per heavy atom. The number of carbonyl (C=O) groups excluding carboxylic acids is 3. The molecule has 0 aliphatic carbocycles. The lowest BCUT2D eigenvalue weighted by Crippen LogP contribution is -2.44. The zero-order valence-electron chi connectivity index (χ0n) is 22.4. The van der Waals surface area contributed by atoms with E-state index in [1.54, 1.807) is 36.2 Å². The predicted octanol–water partition coefficient (Wildman–Crippen LogP) is 2.80. The third-order valence-corrected chi connectivity index (χ3v) is 10.6. The van der Waals surface area contributed by atoms with Crippen LogP contribution >= 0.6 is 0 Å². The van der Waals surface area contributed by atoms with Crippen LogP contribution in [0.4, 0.5) is 16.2 Å². The molecule has 2 fully saturated rings. The molecule has 39 heavy (non-hydrogen) atoms. The van der Waals surface area contributed by atoms with Gasteiger partial charge in [0.15, 0.2) is 13.9 Å². The summed E-state index contributed by atoms with van der Waals surface area (Å²) in [4.78, 5) is 53.9. The zero-order valence-corrected chi connectivity index (χ0v) is 23.4. The lowest BCUT2D eigenvalue weighted by molar-refractivity contribution is -0.148. The molecule has 3 heterocycles. The maximum Gasteiger partial charge on any atom is 0.414 e. The second-order valence-electron chi connectivity index (χ2n) is 11.0. The number of hydrogen-bond donors (Lipinski definition) is 3.